The molecule has 0 atom stereocenters. The van der Waals surface area contributed by atoms with Crippen LogP contribution in [0, 0.1) is 5.82 Å². The van der Waals surface area contributed by atoms with Crippen molar-refractivity contribution in [3.63, 3.8) is 0 Å². The molecular formula is C23H29FN4O3. The Morgan fingerprint density at radius 1 is 1.03 bits per heavy atom. The molecule has 2 aromatic rings. The lowest BCUT2D eigenvalue weighted by molar-refractivity contribution is -0.123. The Morgan fingerprint density at radius 2 is 1.74 bits per heavy atom. The van der Waals surface area contributed by atoms with Gasteiger partial charge in [-0.25, -0.2) is 4.39 Å². The van der Waals surface area contributed by atoms with Crippen LogP contribution < -0.4 is 10.6 Å². The highest BCUT2D eigenvalue weighted by molar-refractivity contribution is 5.92. The summed E-state index contributed by atoms with van der Waals surface area (Å²) in [5.74, 6) is -0.890. The molecule has 1 aliphatic heterocycles. The molecule has 0 spiro atoms. The molecule has 0 saturated carbocycles. The molecule has 0 unspecified atom stereocenters. The molecule has 2 amide bonds. The molecule has 166 valence electrons. The van der Waals surface area contributed by atoms with Gasteiger partial charge in [0.15, 0.2) is 0 Å². The zero-order valence-corrected chi connectivity index (χ0v) is 17.8. The van der Waals surface area contributed by atoms with Crippen LogP contribution in [0.25, 0.3) is 0 Å². The molecule has 0 aliphatic carbocycles. The third kappa shape index (κ3) is 7.75. The SMILES string of the molecule is CN(CC(=O)NCc1ccccc1CN1CCOCC1)CC(=O)Nc1cccc(F)c1. The number of rotatable bonds is 9. The van der Waals surface area contributed by atoms with E-state index in [9.17, 15) is 14.0 Å². The highest BCUT2D eigenvalue weighted by Gasteiger charge is 2.14. The molecule has 2 N–H and O–H groups in total. The predicted molar refractivity (Wildman–Crippen MR) is 117 cm³/mol. The number of anilines is 1. The van der Waals surface area contributed by atoms with Crippen LogP contribution in [0.4, 0.5) is 10.1 Å². The quantitative estimate of drug-likeness (QED) is 0.638. The summed E-state index contributed by atoms with van der Waals surface area (Å²) in [6, 6.07) is 13.8. The number of carbonyl (C=O) groups is 2. The largest absolute Gasteiger partial charge is 0.379 e. The van der Waals surface area contributed by atoms with Crippen LogP contribution in [-0.2, 0) is 27.4 Å². The first kappa shape index (κ1) is 22.9. The number of morpholine rings is 1. The monoisotopic (exact) mass is 428 g/mol. The molecule has 1 fully saturated rings. The minimum absolute atomic E-state index is 0.0253. The molecule has 0 radical (unpaired) electrons. The van der Waals surface area contributed by atoms with E-state index < -0.39 is 5.82 Å². The van der Waals surface area contributed by atoms with E-state index in [0.29, 0.717) is 12.2 Å². The third-order valence-electron chi connectivity index (χ3n) is 5.03. The molecule has 1 saturated heterocycles. The van der Waals surface area contributed by atoms with Crippen LogP contribution in [-0.4, -0.2) is 68.1 Å². The Labute approximate surface area is 182 Å². The maximum Gasteiger partial charge on any atom is 0.238 e. The normalized spacial score (nSPS) is 14.4. The van der Waals surface area contributed by atoms with Crippen LogP contribution in [0.3, 0.4) is 0 Å². The number of ether oxygens (including phenoxy) is 1. The van der Waals surface area contributed by atoms with Crippen LogP contribution in [0.2, 0.25) is 0 Å². The highest BCUT2D eigenvalue weighted by atomic mass is 19.1. The van der Waals surface area contributed by atoms with E-state index in [2.05, 4.69) is 21.6 Å². The van der Waals surface area contributed by atoms with E-state index in [1.165, 1.54) is 23.8 Å². The smallest absolute Gasteiger partial charge is 0.238 e. The Bertz CT molecular complexity index is 887. The van der Waals surface area contributed by atoms with E-state index in [1.807, 2.05) is 18.2 Å². The summed E-state index contributed by atoms with van der Waals surface area (Å²) in [7, 11) is 1.69. The fraction of sp³-hybridized carbons (Fsp3) is 0.391. The molecular weight excluding hydrogens is 399 g/mol. The van der Waals surface area contributed by atoms with E-state index in [4.69, 9.17) is 4.74 Å². The van der Waals surface area contributed by atoms with E-state index >= 15 is 0 Å². The van der Waals surface area contributed by atoms with Crippen LogP contribution >= 0.6 is 0 Å². The number of halogens is 1. The summed E-state index contributed by atoms with van der Waals surface area (Å²) in [4.78, 5) is 28.4. The summed E-state index contributed by atoms with van der Waals surface area (Å²) in [5.41, 5.74) is 2.65. The van der Waals surface area contributed by atoms with Crippen molar-refractivity contribution >= 4 is 17.5 Å². The summed E-state index contributed by atoms with van der Waals surface area (Å²) in [5, 5.41) is 5.56. The molecule has 2 aromatic carbocycles. The number of hydrogen-bond donors (Lipinski definition) is 2. The van der Waals surface area contributed by atoms with Crippen molar-refractivity contribution in [3.8, 4) is 0 Å². The Hall–Kier alpha value is -2.81. The van der Waals surface area contributed by atoms with Gasteiger partial charge in [-0.3, -0.25) is 19.4 Å². The molecule has 3 rings (SSSR count). The van der Waals surface area contributed by atoms with Crippen LogP contribution in [0.1, 0.15) is 11.1 Å². The van der Waals surface area contributed by atoms with Gasteiger partial charge in [-0.05, 0) is 36.4 Å². The second kappa shape index (κ2) is 11.5. The van der Waals surface area contributed by atoms with Gasteiger partial charge in [-0.1, -0.05) is 30.3 Å². The van der Waals surface area contributed by atoms with Gasteiger partial charge >= 0.3 is 0 Å². The van der Waals surface area contributed by atoms with Crippen LogP contribution in [0.15, 0.2) is 48.5 Å². The Balaban J connectivity index is 1.43. The molecule has 31 heavy (non-hydrogen) atoms. The lowest BCUT2D eigenvalue weighted by atomic mass is 10.1. The van der Waals surface area contributed by atoms with Crippen molar-refractivity contribution in [2.75, 3.05) is 51.8 Å². The summed E-state index contributed by atoms with van der Waals surface area (Å²) >= 11 is 0. The zero-order chi connectivity index (χ0) is 22.1. The highest BCUT2D eigenvalue weighted by Crippen LogP contribution is 2.13. The first-order valence-electron chi connectivity index (χ1n) is 10.4. The molecule has 1 aliphatic rings. The van der Waals surface area contributed by atoms with Gasteiger partial charge in [0, 0.05) is 31.9 Å². The Morgan fingerprint density at radius 3 is 2.48 bits per heavy atom. The van der Waals surface area contributed by atoms with E-state index in [-0.39, 0.29) is 24.9 Å². The number of hydrogen-bond acceptors (Lipinski definition) is 5. The molecule has 0 bridgehead atoms. The van der Waals surface area contributed by atoms with E-state index in [0.717, 1.165) is 38.4 Å². The van der Waals surface area contributed by atoms with Gasteiger partial charge in [-0.2, -0.15) is 0 Å². The Kier molecular flexibility index (Phi) is 8.52. The summed E-state index contributed by atoms with van der Waals surface area (Å²) in [6.45, 7) is 4.68. The maximum absolute atomic E-state index is 13.2. The fourth-order valence-electron chi connectivity index (χ4n) is 3.45. The second-order valence-corrected chi connectivity index (χ2v) is 7.66. The van der Waals surface area contributed by atoms with Gasteiger partial charge in [0.05, 0.1) is 26.3 Å². The number of nitrogens with one attached hydrogen (secondary N) is 2. The van der Waals surface area contributed by atoms with Gasteiger partial charge < -0.3 is 15.4 Å². The number of likely N-dealkylation sites (N-methyl/N-ethyl adjacent to an activating group) is 1. The second-order valence-electron chi connectivity index (χ2n) is 7.66. The van der Waals surface area contributed by atoms with Gasteiger partial charge in [-0.15, -0.1) is 0 Å². The number of nitrogens with zero attached hydrogens (tertiary/aromatic N) is 2. The van der Waals surface area contributed by atoms with E-state index in [1.54, 1.807) is 18.0 Å². The minimum atomic E-state index is -0.417. The molecule has 1 heterocycles. The predicted octanol–water partition coefficient (Wildman–Crippen LogP) is 1.84. The molecule has 0 aromatic heterocycles. The first-order valence-corrected chi connectivity index (χ1v) is 10.4. The molecule has 7 nitrogen and oxygen atoms in total. The topological polar surface area (TPSA) is 73.9 Å². The fourth-order valence-corrected chi connectivity index (χ4v) is 3.45. The number of carbonyl (C=O) groups excluding carboxylic acids is 2. The van der Waals surface area contributed by atoms with Gasteiger partial charge in [0.1, 0.15) is 5.82 Å². The van der Waals surface area contributed by atoms with Crippen molar-refractivity contribution in [2.24, 2.45) is 0 Å². The lowest BCUT2D eigenvalue weighted by Crippen LogP contribution is -2.39. The molecule has 8 heteroatoms. The summed E-state index contributed by atoms with van der Waals surface area (Å²) < 4.78 is 18.6. The number of amides is 2. The third-order valence-corrected chi connectivity index (χ3v) is 5.03. The first-order chi connectivity index (χ1) is 15.0. The van der Waals surface area contributed by atoms with Crippen LogP contribution in [0.5, 0.6) is 0 Å². The van der Waals surface area contributed by atoms with Crippen molar-refractivity contribution in [1.29, 1.82) is 0 Å². The average Bonchev–Trinajstić information content (AvgIpc) is 2.73. The standard InChI is InChI=1S/C23H29FN4O3/c1-27(17-23(30)26-21-8-4-7-20(24)13-21)16-22(29)25-14-18-5-2-3-6-19(18)15-28-9-11-31-12-10-28/h2-8,13H,9-12,14-17H2,1H3,(H,25,29)(H,26,30). The van der Waals surface area contributed by atoms with Crippen molar-refractivity contribution in [2.45, 2.75) is 13.1 Å². The van der Waals surface area contributed by atoms with Gasteiger partial charge in [0.25, 0.3) is 0 Å². The van der Waals surface area contributed by atoms with Crippen molar-refractivity contribution in [3.05, 3.63) is 65.5 Å². The zero-order valence-electron chi connectivity index (χ0n) is 17.8. The lowest BCUT2D eigenvalue weighted by Gasteiger charge is -2.27. The number of benzene rings is 2. The van der Waals surface area contributed by atoms with Crippen molar-refractivity contribution in [1.82, 2.24) is 15.1 Å². The summed E-state index contributed by atoms with van der Waals surface area (Å²) in [6.07, 6.45) is 0. The minimum Gasteiger partial charge on any atom is -0.379 e. The maximum atomic E-state index is 13.2. The van der Waals surface area contributed by atoms with Crippen molar-refractivity contribution < 1.29 is 18.7 Å². The average molecular weight is 429 g/mol. The van der Waals surface area contributed by atoms with Gasteiger partial charge in [0.2, 0.25) is 11.8 Å².